The van der Waals surface area contributed by atoms with Gasteiger partial charge in [0.1, 0.15) is 6.04 Å². The minimum atomic E-state index is -0.565. The van der Waals surface area contributed by atoms with Crippen LogP contribution in [0.3, 0.4) is 0 Å². The molecule has 1 unspecified atom stereocenters. The fraction of sp³-hybridized carbons (Fsp3) is 0.400. The average Bonchev–Trinajstić information content (AvgIpc) is 2.77. The van der Waals surface area contributed by atoms with Crippen LogP contribution in [0.1, 0.15) is 23.0 Å². The van der Waals surface area contributed by atoms with Crippen LogP contribution < -0.4 is 5.32 Å². The summed E-state index contributed by atoms with van der Waals surface area (Å²) < 4.78 is 4.57. The van der Waals surface area contributed by atoms with Gasteiger partial charge in [0, 0.05) is 0 Å². The Morgan fingerprint density at radius 2 is 2.33 bits per heavy atom. The van der Waals surface area contributed by atoms with Crippen LogP contribution in [0.5, 0.6) is 0 Å². The molecule has 0 fully saturated rings. The zero-order chi connectivity index (χ0) is 11.3. The van der Waals surface area contributed by atoms with Crippen LogP contribution in [-0.4, -0.2) is 25.0 Å². The van der Waals surface area contributed by atoms with Gasteiger partial charge < -0.3 is 10.1 Å². The molecule has 1 amide bonds. The van der Waals surface area contributed by atoms with Crippen molar-refractivity contribution in [2.45, 2.75) is 19.4 Å². The topological polar surface area (TPSA) is 55.4 Å². The molecule has 0 saturated carbocycles. The first kappa shape index (κ1) is 11.7. The van der Waals surface area contributed by atoms with Gasteiger partial charge in [0.2, 0.25) is 0 Å². The van der Waals surface area contributed by atoms with Gasteiger partial charge in [0.25, 0.3) is 5.91 Å². The van der Waals surface area contributed by atoms with Crippen LogP contribution in [0.25, 0.3) is 0 Å². The Morgan fingerprint density at radius 1 is 1.60 bits per heavy atom. The van der Waals surface area contributed by atoms with E-state index >= 15 is 0 Å². The lowest BCUT2D eigenvalue weighted by Crippen LogP contribution is -2.40. The van der Waals surface area contributed by atoms with Gasteiger partial charge in [-0.25, -0.2) is 4.79 Å². The van der Waals surface area contributed by atoms with Gasteiger partial charge in [-0.05, 0) is 17.9 Å². The highest BCUT2D eigenvalue weighted by molar-refractivity contribution is 7.12. The van der Waals surface area contributed by atoms with Gasteiger partial charge in [-0.2, -0.15) is 0 Å². The van der Waals surface area contributed by atoms with Crippen molar-refractivity contribution in [3.05, 3.63) is 22.4 Å². The minimum Gasteiger partial charge on any atom is -0.467 e. The maximum absolute atomic E-state index is 11.6. The smallest absolute Gasteiger partial charge is 0.328 e. The molecule has 1 heterocycles. The highest BCUT2D eigenvalue weighted by atomic mass is 32.1. The molecule has 0 aliphatic carbocycles. The predicted octanol–water partition coefficient (Wildman–Crippen LogP) is 1.43. The third kappa shape index (κ3) is 3.06. The largest absolute Gasteiger partial charge is 0.467 e. The van der Waals surface area contributed by atoms with Crippen LogP contribution in [0.15, 0.2) is 17.5 Å². The molecular weight excluding hydrogens is 214 g/mol. The Bertz CT molecular complexity index is 334. The molecule has 82 valence electrons. The number of carbonyl (C=O) groups is 2. The molecular formula is C10H13NO3S. The van der Waals surface area contributed by atoms with Gasteiger partial charge in [0.15, 0.2) is 0 Å². The van der Waals surface area contributed by atoms with Crippen LogP contribution in [0.2, 0.25) is 0 Å². The van der Waals surface area contributed by atoms with Crippen molar-refractivity contribution in [1.29, 1.82) is 0 Å². The standard InChI is InChI=1S/C10H13NO3S/c1-3-7(10(13)14-2)11-9(12)8-5-4-6-15-8/h4-7H,3H2,1-2H3,(H,11,12). The first-order valence-corrected chi connectivity index (χ1v) is 5.49. The predicted molar refractivity (Wildman–Crippen MR) is 57.9 cm³/mol. The number of amides is 1. The van der Waals surface area contributed by atoms with E-state index in [-0.39, 0.29) is 5.91 Å². The molecule has 5 heteroatoms. The zero-order valence-corrected chi connectivity index (χ0v) is 9.47. The molecule has 0 radical (unpaired) electrons. The number of thiophene rings is 1. The Morgan fingerprint density at radius 3 is 2.80 bits per heavy atom. The maximum atomic E-state index is 11.6. The molecule has 1 aromatic heterocycles. The molecule has 15 heavy (non-hydrogen) atoms. The summed E-state index contributed by atoms with van der Waals surface area (Å²) >= 11 is 1.34. The Kier molecular flexibility index (Phi) is 4.30. The SMILES string of the molecule is CCC(NC(=O)c1cccs1)C(=O)OC. The van der Waals surface area contributed by atoms with E-state index in [1.54, 1.807) is 12.1 Å². The number of methoxy groups -OCH3 is 1. The van der Waals surface area contributed by atoms with Gasteiger partial charge in [-0.3, -0.25) is 4.79 Å². The maximum Gasteiger partial charge on any atom is 0.328 e. The lowest BCUT2D eigenvalue weighted by atomic mass is 10.2. The van der Waals surface area contributed by atoms with E-state index < -0.39 is 12.0 Å². The van der Waals surface area contributed by atoms with Crippen molar-refractivity contribution in [1.82, 2.24) is 5.32 Å². The summed E-state index contributed by atoms with van der Waals surface area (Å²) in [6, 6.07) is 2.94. The van der Waals surface area contributed by atoms with Crippen LogP contribution in [-0.2, 0) is 9.53 Å². The first-order valence-electron chi connectivity index (χ1n) is 4.61. The van der Waals surface area contributed by atoms with Crippen molar-refractivity contribution in [3.63, 3.8) is 0 Å². The summed E-state index contributed by atoms with van der Waals surface area (Å²) in [5.41, 5.74) is 0. The molecule has 1 aromatic rings. The van der Waals surface area contributed by atoms with E-state index in [4.69, 9.17) is 0 Å². The van der Waals surface area contributed by atoms with Crippen molar-refractivity contribution < 1.29 is 14.3 Å². The first-order chi connectivity index (χ1) is 7.19. The van der Waals surface area contributed by atoms with E-state index in [1.807, 2.05) is 12.3 Å². The molecule has 4 nitrogen and oxygen atoms in total. The van der Waals surface area contributed by atoms with E-state index in [0.29, 0.717) is 11.3 Å². The van der Waals surface area contributed by atoms with E-state index in [0.717, 1.165) is 0 Å². The van der Waals surface area contributed by atoms with Crippen molar-refractivity contribution in [2.75, 3.05) is 7.11 Å². The molecule has 0 aromatic carbocycles. The number of ether oxygens (including phenoxy) is 1. The van der Waals surface area contributed by atoms with Crippen molar-refractivity contribution >= 4 is 23.2 Å². The molecule has 0 bridgehead atoms. The van der Waals surface area contributed by atoms with Gasteiger partial charge >= 0.3 is 5.97 Å². The normalized spacial score (nSPS) is 11.9. The lowest BCUT2D eigenvalue weighted by Gasteiger charge is -2.13. The monoisotopic (exact) mass is 227 g/mol. The van der Waals surface area contributed by atoms with E-state index in [9.17, 15) is 9.59 Å². The van der Waals surface area contributed by atoms with Crippen molar-refractivity contribution in [2.24, 2.45) is 0 Å². The molecule has 1 N–H and O–H groups in total. The fourth-order valence-electron chi connectivity index (χ4n) is 1.11. The van der Waals surface area contributed by atoms with Gasteiger partial charge in [-0.15, -0.1) is 11.3 Å². The number of rotatable bonds is 4. The Hall–Kier alpha value is -1.36. The average molecular weight is 227 g/mol. The Balaban J connectivity index is 2.60. The van der Waals surface area contributed by atoms with Crippen LogP contribution in [0.4, 0.5) is 0 Å². The number of esters is 1. The summed E-state index contributed by atoms with van der Waals surface area (Å²) in [6.07, 6.45) is 0.518. The molecule has 1 rings (SSSR count). The van der Waals surface area contributed by atoms with Gasteiger partial charge in [-0.1, -0.05) is 13.0 Å². The third-order valence-corrected chi connectivity index (χ3v) is 2.81. The highest BCUT2D eigenvalue weighted by Crippen LogP contribution is 2.08. The summed E-state index contributed by atoms with van der Waals surface area (Å²) in [7, 11) is 1.31. The number of hydrogen-bond acceptors (Lipinski definition) is 4. The molecule has 0 aliphatic rings. The second kappa shape index (κ2) is 5.50. The summed E-state index contributed by atoms with van der Waals surface area (Å²) in [5, 5.41) is 4.43. The Labute approximate surface area is 92.2 Å². The number of carbonyl (C=O) groups excluding carboxylic acids is 2. The molecule has 0 saturated heterocycles. The second-order valence-corrected chi connectivity index (χ2v) is 3.88. The summed E-state index contributed by atoms with van der Waals surface area (Å²) in [5.74, 6) is -0.648. The number of hydrogen-bond donors (Lipinski definition) is 1. The minimum absolute atomic E-state index is 0.234. The van der Waals surface area contributed by atoms with E-state index in [2.05, 4.69) is 10.1 Å². The van der Waals surface area contributed by atoms with Crippen LogP contribution in [0, 0.1) is 0 Å². The fourth-order valence-corrected chi connectivity index (χ4v) is 1.73. The molecule has 0 aliphatic heterocycles. The summed E-state index contributed by atoms with van der Waals surface area (Å²) in [6.45, 7) is 1.82. The van der Waals surface area contributed by atoms with Crippen molar-refractivity contribution in [3.8, 4) is 0 Å². The zero-order valence-electron chi connectivity index (χ0n) is 8.65. The highest BCUT2D eigenvalue weighted by Gasteiger charge is 2.20. The quantitative estimate of drug-likeness (QED) is 0.792. The summed E-state index contributed by atoms with van der Waals surface area (Å²) in [4.78, 5) is 23.4. The third-order valence-electron chi connectivity index (χ3n) is 1.94. The molecule has 1 atom stereocenters. The number of nitrogens with one attached hydrogen (secondary N) is 1. The second-order valence-electron chi connectivity index (χ2n) is 2.93. The lowest BCUT2D eigenvalue weighted by molar-refractivity contribution is -0.142. The molecule has 0 spiro atoms. The van der Waals surface area contributed by atoms with E-state index in [1.165, 1.54) is 18.4 Å². The van der Waals surface area contributed by atoms with Crippen LogP contribution >= 0.6 is 11.3 Å². The van der Waals surface area contributed by atoms with Gasteiger partial charge in [0.05, 0.1) is 12.0 Å².